The first-order valence-electron chi connectivity index (χ1n) is 19.1. The molecule has 4 saturated carbocycles. The molecule has 1 aromatic carbocycles. The zero-order valence-corrected chi connectivity index (χ0v) is 31.3. The van der Waals surface area contributed by atoms with Gasteiger partial charge in [0.05, 0.1) is 12.0 Å². The normalized spacial score (nSPS) is 40.9. The van der Waals surface area contributed by atoms with Crippen molar-refractivity contribution in [3.8, 4) is 0 Å². The minimum Gasteiger partial charge on any atom is -0.461 e. The number of esters is 2. The van der Waals surface area contributed by atoms with Crippen LogP contribution in [0.3, 0.4) is 0 Å². The smallest absolute Gasteiger partial charge is 0.320 e. The Bertz CT molecular complexity index is 1470. The minimum absolute atomic E-state index is 0.0677. The number of nitrogens with two attached hydrogens (primary N) is 1. The van der Waals surface area contributed by atoms with Crippen molar-refractivity contribution in [2.45, 2.75) is 125 Å². The fraction of sp³-hybridized carbons (Fsp3) is 0.738. The second kappa shape index (κ2) is 12.9. The number of benzene rings is 1. The number of hydrogen-bond donors (Lipinski definition) is 2. The number of carbonyl (C=O) groups is 3. The van der Waals surface area contributed by atoms with Crippen LogP contribution in [0.25, 0.3) is 0 Å². The van der Waals surface area contributed by atoms with Crippen LogP contribution in [0.15, 0.2) is 42.0 Å². The Kier molecular flexibility index (Phi) is 9.57. The van der Waals surface area contributed by atoms with Gasteiger partial charge in [-0.05, 0) is 129 Å². The second-order valence-electron chi connectivity index (χ2n) is 18.5. The topological polar surface area (TPSA) is 108 Å². The van der Waals surface area contributed by atoms with Crippen molar-refractivity contribution in [1.82, 2.24) is 5.32 Å². The maximum atomic E-state index is 14.8. The van der Waals surface area contributed by atoms with Crippen molar-refractivity contribution >= 4 is 17.7 Å². The summed E-state index contributed by atoms with van der Waals surface area (Å²) in [6.07, 6.45) is 11.1. The molecule has 270 valence electrons. The summed E-state index contributed by atoms with van der Waals surface area (Å²) in [4.78, 5) is 41.4. The monoisotopic (exact) mass is 674 g/mol. The highest BCUT2D eigenvalue weighted by Gasteiger charge is 2.70. The van der Waals surface area contributed by atoms with E-state index in [0.29, 0.717) is 13.1 Å². The van der Waals surface area contributed by atoms with Gasteiger partial charge in [-0.2, -0.15) is 0 Å². The van der Waals surface area contributed by atoms with E-state index in [2.05, 4.69) is 59.9 Å². The molecular weight excluding hydrogens is 612 g/mol. The second-order valence-corrected chi connectivity index (χ2v) is 18.5. The number of allylic oxidation sites excluding steroid dienone is 2. The first-order valence-corrected chi connectivity index (χ1v) is 19.1. The quantitative estimate of drug-likeness (QED) is 0.206. The largest absolute Gasteiger partial charge is 0.461 e. The summed E-state index contributed by atoms with van der Waals surface area (Å²) < 4.78 is 12.1. The molecule has 0 heterocycles. The number of hydrogen-bond acceptors (Lipinski definition) is 7. The highest BCUT2D eigenvalue weighted by atomic mass is 16.5. The SMILES string of the molecule is CC1(C)C2CC[C@]3(C)C(C(=O)C=C4[C@@H]5C[C@@](C)(C(=O)OCc6ccccc6)CC[C@]5(C)CC[C@]43C)[C@@]2(C)CC[C@@H]1OC(=O)CNCCCN. The van der Waals surface area contributed by atoms with Crippen LogP contribution in [-0.4, -0.2) is 43.5 Å². The van der Waals surface area contributed by atoms with Crippen molar-refractivity contribution in [2.75, 3.05) is 19.6 Å². The maximum absolute atomic E-state index is 14.8. The Morgan fingerprint density at radius 3 is 2.35 bits per heavy atom. The van der Waals surface area contributed by atoms with Gasteiger partial charge in [-0.3, -0.25) is 14.4 Å². The van der Waals surface area contributed by atoms with Gasteiger partial charge in [-0.1, -0.05) is 77.4 Å². The number of carbonyl (C=O) groups excluding carboxylic acids is 3. The van der Waals surface area contributed by atoms with Crippen LogP contribution >= 0.6 is 0 Å². The summed E-state index contributed by atoms with van der Waals surface area (Å²) in [5.74, 6) is 0.311. The fourth-order valence-electron chi connectivity index (χ4n) is 12.1. The number of ketones is 1. The molecule has 3 N–H and O–H groups in total. The van der Waals surface area contributed by atoms with E-state index < -0.39 is 5.41 Å². The molecule has 1 aromatic rings. The van der Waals surface area contributed by atoms with E-state index in [1.54, 1.807) is 0 Å². The van der Waals surface area contributed by atoms with Gasteiger partial charge < -0.3 is 20.5 Å². The Morgan fingerprint density at radius 2 is 1.63 bits per heavy atom. The summed E-state index contributed by atoms with van der Waals surface area (Å²) in [6.45, 7) is 18.1. The van der Waals surface area contributed by atoms with Gasteiger partial charge in [0.2, 0.25) is 0 Å². The summed E-state index contributed by atoms with van der Waals surface area (Å²) >= 11 is 0. The fourth-order valence-corrected chi connectivity index (χ4v) is 12.1. The van der Waals surface area contributed by atoms with Crippen LogP contribution in [0.5, 0.6) is 0 Å². The maximum Gasteiger partial charge on any atom is 0.320 e. The van der Waals surface area contributed by atoms with Gasteiger partial charge in [0.25, 0.3) is 0 Å². The summed E-state index contributed by atoms with van der Waals surface area (Å²) in [6, 6.07) is 9.91. The van der Waals surface area contributed by atoms with E-state index in [9.17, 15) is 14.4 Å². The third-order valence-electron chi connectivity index (χ3n) is 15.3. The molecule has 0 bridgehead atoms. The summed E-state index contributed by atoms with van der Waals surface area (Å²) in [7, 11) is 0. The van der Waals surface area contributed by atoms with Gasteiger partial charge in [0.15, 0.2) is 5.78 Å². The zero-order chi connectivity index (χ0) is 35.5. The van der Waals surface area contributed by atoms with Crippen LogP contribution in [0.1, 0.15) is 118 Å². The van der Waals surface area contributed by atoms with Crippen LogP contribution < -0.4 is 11.1 Å². The Hall–Kier alpha value is -2.51. The molecule has 0 amide bonds. The molecular formula is C42H62N2O5. The van der Waals surface area contributed by atoms with E-state index in [1.807, 2.05) is 30.3 Å². The van der Waals surface area contributed by atoms with Crippen LogP contribution in [0.2, 0.25) is 0 Å². The first kappa shape index (κ1) is 36.3. The van der Waals surface area contributed by atoms with Crippen molar-refractivity contribution < 1.29 is 23.9 Å². The predicted octanol–water partition coefficient (Wildman–Crippen LogP) is 7.56. The van der Waals surface area contributed by atoms with E-state index in [4.69, 9.17) is 15.2 Å². The number of fused-ring (bicyclic) bond motifs is 7. The standard InChI is InChI=1S/C42H62N2O5/c1-37(2)32-14-17-42(7)35(40(32,5)16-15-33(37)49-34(46)26-44-23-11-22-43)31(45)24-29-30-25-39(4,19-18-38(30,3)20-21-41(29,42)6)36(47)48-27-28-12-9-8-10-13-28/h8-10,12-13,24,30,32-33,35,44H,11,14-23,25-27,43H2,1-7H3/t30-,32?,33-,35?,38+,39-,40-,41+,42+/m0/s1. The van der Waals surface area contributed by atoms with E-state index in [0.717, 1.165) is 69.8 Å². The third kappa shape index (κ3) is 5.93. The van der Waals surface area contributed by atoms with Gasteiger partial charge in [-0.15, -0.1) is 0 Å². The van der Waals surface area contributed by atoms with Crippen molar-refractivity contribution in [2.24, 2.45) is 56.0 Å². The Morgan fingerprint density at radius 1 is 0.918 bits per heavy atom. The van der Waals surface area contributed by atoms with Crippen molar-refractivity contribution in [3.63, 3.8) is 0 Å². The van der Waals surface area contributed by atoms with Crippen LogP contribution in [0, 0.1) is 50.2 Å². The predicted molar refractivity (Wildman–Crippen MR) is 192 cm³/mol. The van der Waals surface area contributed by atoms with Gasteiger partial charge in [-0.25, -0.2) is 0 Å². The minimum atomic E-state index is -0.581. The lowest BCUT2D eigenvalue weighted by Gasteiger charge is -2.70. The summed E-state index contributed by atoms with van der Waals surface area (Å²) in [5.41, 5.74) is 6.64. The average Bonchev–Trinajstić information content (AvgIpc) is 3.05. The highest BCUT2D eigenvalue weighted by Crippen LogP contribution is 2.75. The molecule has 0 spiro atoms. The molecule has 49 heavy (non-hydrogen) atoms. The zero-order valence-electron chi connectivity index (χ0n) is 31.3. The Labute approximate surface area is 294 Å². The molecule has 7 nitrogen and oxygen atoms in total. The van der Waals surface area contributed by atoms with Gasteiger partial charge in [0, 0.05) is 11.3 Å². The molecule has 6 rings (SSSR count). The number of nitrogens with one attached hydrogen (secondary N) is 1. The highest BCUT2D eigenvalue weighted by molar-refractivity contribution is 5.95. The number of ether oxygens (including phenoxy) is 2. The van der Waals surface area contributed by atoms with Gasteiger partial charge >= 0.3 is 11.9 Å². The van der Waals surface area contributed by atoms with Crippen LogP contribution in [0.4, 0.5) is 0 Å². The first-order chi connectivity index (χ1) is 23.0. The molecule has 0 saturated heterocycles. The van der Waals surface area contributed by atoms with Gasteiger partial charge in [0.1, 0.15) is 12.7 Å². The average molecular weight is 675 g/mol. The van der Waals surface area contributed by atoms with Crippen molar-refractivity contribution in [1.29, 1.82) is 0 Å². The van der Waals surface area contributed by atoms with Crippen molar-refractivity contribution in [3.05, 3.63) is 47.5 Å². The molecule has 0 aromatic heterocycles. The lowest BCUT2D eigenvalue weighted by atomic mass is 9.33. The van der Waals surface area contributed by atoms with E-state index in [-0.39, 0.29) is 81.8 Å². The molecule has 7 heteroatoms. The molecule has 5 aliphatic rings. The molecule has 9 atom stereocenters. The van der Waals surface area contributed by atoms with E-state index >= 15 is 0 Å². The van der Waals surface area contributed by atoms with E-state index in [1.165, 1.54) is 5.57 Å². The summed E-state index contributed by atoms with van der Waals surface area (Å²) in [5, 5.41) is 3.16. The lowest BCUT2D eigenvalue weighted by Crippen LogP contribution is -2.66. The lowest BCUT2D eigenvalue weighted by molar-refractivity contribution is -0.211. The third-order valence-corrected chi connectivity index (χ3v) is 15.3. The molecule has 0 radical (unpaired) electrons. The number of rotatable bonds is 9. The molecule has 2 unspecified atom stereocenters. The molecule has 5 aliphatic carbocycles. The molecule has 0 aliphatic heterocycles. The van der Waals surface area contributed by atoms with Crippen LogP contribution in [-0.2, 0) is 30.5 Å². The molecule has 4 fully saturated rings. The Balaban J connectivity index is 1.25.